The number of rotatable bonds is 15. The first-order valence-electron chi connectivity index (χ1n) is 15.5. The Balaban J connectivity index is 1.26. The SMILES string of the molecule is CCCCCCCCCCOC1CCC(C2CCC(C3CCC(OCC)C([N+](=O)[O-])C3)CC2)CC1. The van der Waals surface area contributed by atoms with Gasteiger partial charge in [-0.25, -0.2) is 0 Å². The third kappa shape index (κ3) is 9.61. The van der Waals surface area contributed by atoms with Crippen molar-refractivity contribution in [2.45, 2.75) is 154 Å². The van der Waals surface area contributed by atoms with Gasteiger partial charge in [0.1, 0.15) is 6.10 Å². The minimum absolute atomic E-state index is 0.0622. The van der Waals surface area contributed by atoms with Gasteiger partial charge in [0.05, 0.1) is 6.10 Å². The molecule has 3 aliphatic rings. The highest BCUT2D eigenvalue weighted by Crippen LogP contribution is 2.45. The van der Waals surface area contributed by atoms with Gasteiger partial charge in [0, 0.05) is 24.6 Å². The van der Waals surface area contributed by atoms with Crippen molar-refractivity contribution in [3.8, 4) is 0 Å². The quantitative estimate of drug-likeness (QED) is 0.131. The Morgan fingerprint density at radius 3 is 1.74 bits per heavy atom. The molecule has 3 aliphatic carbocycles. The van der Waals surface area contributed by atoms with Crippen molar-refractivity contribution in [2.24, 2.45) is 23.7 Å². The monoisotopic (exact) mass is 493 g/mol. The van der Waals surface area contributed by atoms with Gasteiger partial charge < -0.3 is 9.47 Å². The van der Waals surface area contributed by atoms with Gasteiger partial charge in [0.2, 0.25) is 6.04 Å². The van der Waals surface area contributed by atoms with E-state index < -0.39 is 6.04 Å². The molecule has 204 valence electrons. The van der Waals surface area contributed by atoms with Gasteiger partial charge in [-0.15, -0.1) is 0 Å². The summed E-state index contributed by atoms with van der Waals surface area (Å²) in [7, 11) is 0. The molecule has 0 aromatic rings. The van der Waals surface area contributed by atoms with Crippen LogP contribution in [0, 0.1) is 33.8 Å². The molecule has 0 bridgehead atoms. The summed E-state index contributed by atoms with van der Waals surface area (Å²) < 4.78 is 12.0. The maximum Gasteiger partial charge on any atom is 0.239 e. The summed E-state index contributed by atoms with van der Waals surface area (Å²) >= 11 is 0. The van der Waals surface area contributed by atoms with Crippen LogP contribution in [-0.4, -0.2) is 36.4 Å². The number of unbranched alkanes of at least 4 members (excludes halogenated alkanes) is 7. The summed E-state index contributed by atoms with van der Waals surface area (Å²) in [6, 6.07) is -0.493. The minimum atomic E-state index is -0.493. The van der Waals surface area contributed by atoms with Crippen LogP contribution in [-0.2, 0) is 9.47 Å². The summed E-state index contributed by atoms with van der Waals surface area (Å²) in [6.45, 7) is 5.77. The molecule has 0 spiro atoms. The van der Waals surface area contributed by atoms with Crippen LogP contribution in [0.2, 0.25) is 0 Å². The van der Waals surface area contributed by atoms with Gasteiger partial charge in [-0.05, 0) is 101 Å². The fraction of sp³-hybridized carbons (Fsp3) is 1.00. The Labute approximate surface area is 215 Å². The molecule has 5 nitrogen and oxygen atoms in total. The maximum absolute atomic E-state index is 11.6. The number of nitrogens with zero attached hydrogens (tertiary/aromatic N) is 1. The molecule has 5 heteroatoms. The second-order valence-corrected chi connectivity index (χ2v) is 12.0. The molecule has 3 fully saturated rings. The normalized spacial score (nSPS) is 34.1. The largest absolute Gasteiger partial charge is 0.378 e. The Bertz CT molecular complexity index is 569. The number of hydrogen-bond donors (Lipinski definition) is 0. The Kier molecular flexibility index (Phi) is 13.4. The molecule has 0 N–H and O–H groups in total. The summed E-state index contributed by atoms with van der Waals surface area (Å²) in [5.41, 5.74) is 0. The lowest BCUT2D eigenvalue weighted by molar-refractivity contribution is -0.541. The van der Waals surface area contributed by atoms with Crippen LogP contribution in [0.25, 0.3) is 0 Å². The summed E-state index contributed by atoms with van der Waals surface area (Å²) in [6.07, 6.45) is 24.4. The molecule has 0 saturated heterocycles. The standard InChI is InChI=1S/C30H55NO4/c1-3-5-6-7-8-9-10-11-22-35-28-19-16-25(17-20-28)24-12-14-26(15-13-24)27-18-21-30(34-4-2)29(23-27)31(32)33/h24-30H,3-23H2,1-2H3. The van der Waals surface area contributed by atoms with Crippen LogP contribution in [0.5, 0.6) is 0 Å². The smallest absolute Gasteiger partial charge is 0.239 e. The molecule has 35 heavy (non-hydrogen) atoms. The fourth-order valence-electron chi connectivity index (χ4n) is 7.51. The molecule has 3 atom stereocenters. The van der Waals surface area contributed by atoms with E-state index >= 15 is 0 Å². The van der Waals surface area contributed by atoms with Crippen LogP contribution < -0.4 is 0 Å². The molecule has 0 heterocycles. The number of hydrogen-bond acceptors (Lipinski definition) is 4. The van der Waals surface area contributed by atoms with E-state index in [1.54, 1.807) is 0 Å². The van der Waals surface area contributed by atoms with Gasteiger partial charge in [-0.1, -0.05) is 51.9 Å². The third-order valence-electron chi connectivity index (χ3n) is 9.67. The van der Waals surface area contributed by atoms with Crippen molar-refractivity contribution in [1.82, 2.24) is 0 Å². The lowest BCUT2D eigenvalue weighted by Gasteiger charge is -2.41. The zero-order valence-electron chi connectivity index (χ0n) is 23.0. The fourth-order valence-corrected chi connectivity index (χ4v) is 7.51. The molecule has 3 unspecified atom stereocenters. The van der Waals surface area contributed by atoms with Crippen molar-refractivity contribution in [2.75, 3.05) is 13.2 Å². The zero-order chi connectivity index (χ0) is 24.9. The average molecular weight is 494 g/mol. The molecule has 3 saturated carbocycles. The second-order valence-electron chi connectivity index (χ2n) is 12.0. The maximum atomic E-state index is 11.6. The summed E-state index contributed by atoms with van der Waals surface area (Å²) in [5, 5.41) is 11.6. The van der Waals surface area contributed by atoms with Crippen LogP contribution in [0.1, 0.15) is 136 Å². The van der Waals surface area contributed by atoms with Crippen molar-refractivity contribution >= 4 is 0 Å². The van der Waals surface area contributed by atoms with E-state index in [2.05, 4.69) is 6.92 Å². The first-order chi connectivity index (χ1) is 17.1. The zero-order valence-corrected chi connectivity index (χ0v) is 23.0. The Morgan fingerprint density at radius 2 is 1.17 bits per heavy atom. The molecule has 0 amide bonds. The summed E-state index contributed by atoms with van der Waals surface area (Å²) in [5.74, 6) is 3.00. The molecule has 0 aliphatic heterocycles. The molecular formula is C30H55NO4. The lowest BCUT2D eigenvalue weighted by Crippen LogP contribution is -2.43. The van der Waals surface area contributed by atoms with E-state index in [1.165, 1.54) is 103 Å². The number of nitro groups is 1. The van der Waals surface area contributed by atoms with Gasteiger partial charge in [0.25, 0.3) is 0 Å². The van der Waals surface area contributed by atoms with E-state index in [9.17, 15) is 10.1 Å². The lowest BCUT2D eigenvalue weighted by atomic mass is 9.65. The second kappa shape index (κ2) is 16.2. The van der Waals surface area contributed by atoms with E-state index in [1.807, 2.05) is 6.92 Å². The van der Waals surface area contributed by atoms with Crippen LogP contribution in [0.3, 0.4) is 0 Å². The first-order valence-corrected chi connectivity index (χ1v) is 15.5. The van der Waals surface area contributed by atoms with E-state index in [0.29, 0.717) is 24.5 Å². The highest BCUT2D eigenvalue weighted by Gasteiger charge is 2.42. The Hall–Kier alpha value is -0.680. The highest BCUT2D eigenvalue weighted by molar-refractivity contribution is 4.88. The topological polar surface area (TPSA) is 61.6 Å². The predicted molar refractivity (Wildman–Crippen MR) is 143 cm³/mol. The van der Waals surface area contributed by atoms with Gasteiger partial charge in [-0.3, -0.25) is 10.1 Å². The van der Waals surface area contributed by atoms with Gasteiger partial charge >= 0.3 is 0 Å². The van der Waals surface area contributed by atoms with Gasteiger partial charge in [-0.2, -0.15) is 0 Å². The number of ether oxygens (including phenoxy) is 2. The summed E-state index contributed by atoms with van der Waals surface area (Å²) in [4.78, 5) is 11.6. The van der Waals surface area contributed by atoms with E-state index in [4.69, 9.17) is 9.47 Å². The molecule has 3 rings (SSSR count). The Morgan fingerprint density at radius 1 is 0.657 bits per heavy atom. The minimum Gasteiger partial charge on any atom is -0.378 e. The van der Waals surface area contributed by atoms with Crippen LogP contribution >= 0.6 is 0 Å². The molecule has 0 aromatic heterocycles. The molecule has 0 aromatic carbocycles. The predicted octanol–water partition coefficient (Wildman–Crippen LogP) is 8.36. The van der Waals surface area contributed by atoms with Crippen molar-refractivity contribution in [3.05, 3.63) is 10.1 Å². The van der Waals surface area contributed by atoms with E-state index in [0.717, 1.165) is 37.7 Å². The third-order valence-corrected chi connectivity index (χ3v) is 9.67. The van der Waals surface area contributed by atoms with Crippen LogP contribution in [0.15, 0.2) is 0 Å². The van der Waals surface area contributed by atoms with Crippen molar-refractivity contribution in [1.29, 1.82) is 0 Å². The highest BCUT2D eigenvalue weighted by atomic mass is 16.6. The average Bonchev–Trinajstić information content (AvgIpc) is 2.88. The van der Waals surface area contributed by atoms with Crippen LogP contribution in [0.4, 0.5) is 0 Å². The first kappa shape index (κ1) is 28.9. The van der Waals surface area contributed by atoms with Crippen molar-refractivity contribution in [3.63, 3.8) is 0 Å². The van der Waals surface area contributed by atoms with Crippen molar-refractivity contribution < 1.29 is 14.4 Å². The van der Waals surface area contributed by atoms with E-state index in [-0.39, 0.29) is 11.0 Å². The molecular weight excluding hydrogens is 438 g/mol. The molecule has 0 radical (unpaired) electrons. The van der Waals surface area contributed by atoms with Gasteiger partial charge in [0.15, 0.2) is 0 Å².